The van der Waals surface area contributed by atoms with Crippen LogP contribution in [0, 0.1) is 6.92 Å². The molecule has 0 amide bonds. The van der Waals surface area contributed by atoms with Gasteiger partial charge in [-0.05, 0) is 24.6 Å². The first-order valence-corrected chi connectivity index (χ1v) is 4.49. The average molecular weight is 201 g/mol. The molecule has 0 aromatic heterocycles. The van der Waals surface area contributed by atoms with Crippen molar-refractivity contribution in [1.82, 2.24) is 0 Å². The number of methoxy groups -OCH3 is 1. The molecule has 1 rings (SSSR count). The van der Waals surface area contributed by atoms with Gasteiger partial charge in [0.15, 0.2) is 0 Å². The molecule has 0 bridgehead atoms. The summed E-state index contributed by atoms with van der Waals surface area (Å²) in [6.07, 6.45) is 0. The minimum Gasteiger partial charge on any atom is -0.491 e. The maximum atomic E-state index is 5.82. The molecular weight excluding hydrogens is 188 g/mol. The van der Waals surface area contributed by atoms with Crippen molar-refractivity contribution in [1.29, 1.82) is 0 Å². The van der Waals surface area contributed by atoms with Crippen molar-refractivity contribution >= 4 is 11.6 Å². The Morgan fingerprint density at radius 3 is 2.77 bits per heavy atom. The first kappa shape index (κ1) is 10.4. The largest absolute Gasteiger partial charge is 0.491 e. The quantitative estimate of drug-likeness (QED) is 0.696. The summed E-state index contributed by atoms with van der Waals surface area (Å²) in [7, 11) is 1.65. The molecule has 3 heteroatoms. The standard InChI is InChI=1S/C10H13ClO2/c1-8-3-4-9(11)7-10(8)13-6-5-12-2/h3-4,7H,5-6H2,1-2H3. The van der Waals surface area contributed by atoms with E-state index >= 15 is 0 Å². The van der Waals surface area contributed by atoms with E-state index in [-0.39, 0.29) is 0 Å². The number of ether oxygens (including phenoxy) is 2. The Hall–Kier alpha value is -0.730. The van der Waals surface area contributed by atoms with Crippen molar-refractivity contribution in [3.63, 3.8) is 0 Å². The molecule has 0 saturated heterocycles. The van der Waals surface area contributed by atoms with E-state index in [1.165, 1.54) is 0 Å². The van der Waals surface area contributed by atoms with Crippen LogP contribution in [0.3, 0.4) is 0 Å². The first-order valence-electron chi connectivity index (χ1n) is 4.12. The molecule has 0 fully saturated rings. The van der Waals surface area contributed by atoms with Crippen LogP contribution < -0.4 is 4.74 Å². The van der Waals surface area contributed by atoms with Crippen molar-refractivity contribution in [2.45, 2.75) is 6.92 Å². The summed E-state index contributed by atoms with van der Waals surface area (Å²) in [4.78, 5) is 0. The first-order chi connectivity index (χ1) is 6.24. The van der Waals surface area contributed by atoms with Gasteiger partial charge in [-0.3, -0.25) is 0 Å². The maximum absolute atomic E-state index is 5.82. The lowest BCUT2D eigenvalue weighted by Gasteiger charge is -2.08. The summed E-state index contributed by atoms with van der Waals surface area (Å²) in [6.45, 7) is 3.13. The SMILES string of the molecule is COCCOc1cc(Cl)ccc1C. The summed E-state index contributed by atoms with van der Waals surface area (Å²) >= 11 is 5.82. The third-order valence-electron chi connectivity index (χ3n) is 1.70. The second-order valence-electron chi connectivity index (χ2n) is 2.75. The number of benzene rings is 1. The predicted octanol–water partition coefficient (Wildman–Crippen LogP) is 2.67. The Bertz CT molecular complexity index is 274. The van der Waals surface area contributed by atoms with Crippen LogP contribution in [-0.2, 0) is 4.74 Å². The Labute approximate surface area is 83.4 Å². The van der Waals surface area contributed by atoms with Gasteiger partial charge in [0, 0.05) is 12.1 Å². The lowest BCUT2D eigenvalue weighted by atomic mass is 10.2. The molecule has 0 spiro atoms. The van der Waals surface area contributed by atoms with Gasteiger partial charge in [0.05, 0.1) is 6.61 Å². The van der Waals surface area contributed by atoms with E-state index in [4.69, 9.17) is 21.1 Å². The number of hydrogen-bond acceptors (Lipinski definition) is 2. The van der Waals surface area contributed by atoms with E-state index in [1.54, 1.807) is 7.11 Å². The molecule has 0 aliphatic heterocycles. The van der Waals surface area contributed by atoms with Crippen molar-refractivity contribution in [3.8, 4) is 5.75 Å². The molecule has 0 unspecified atom stereocenters. The highest BCUT2D eigenvalue weighted by atomic mass is 35.5. The molecule has 13 heavy (non-hydrogen) atoms. The zero-order chi connectivity index (χ0) is 9.68. The van der Waals surface area contributed by atoms with E-state index in [0.29, 0.717) is 18.2 Å². The lowest BCUT2D eigenvalue weighted by Crippen LogP contribution is -2.04. The van der Waals surface area contributed by atoms with Crippen LogP contribution in [-0.4, -0.2) is 20.3 Å². The van der Waals surface area contributed by atoms with Crippen LogP contribution in [0.1, 0.15) is 5.56 Å². The summed E-state index contributed by atoms with van der Waals surface area (Å²) in [5.41, 5.74) is 1.08. The minimum atomic E-state index is 0.553. The zero-order valence-corrected chi connectivity index (χ0v) is 8.60. The Morgan fingerprint density at radius 1 is 1.31 bits per heavy atom. The highest BCUT2D eigenvalue weighted by molar-refractivity contribution is 6.30. The van der Waals surface area contributed by atoms with Crippen molar-refractivity contribution in [2.24, 2.45) is 0 Å². The fourth-order valence-corrected chi connectivity index (χ4v) is 1.13. The molecule has 0 radical (unpaired) electrons. The molecule has 0 saturated carbocycles. The summed E-state index contributed by atoms with van der Waals surface area (Å²) < 4.78 is 10.3. The van der Waals surface area contributed by atoms with E-state index < -0.39 is 0 Å². The minimum absolute atomic E-state index is 0.553. The third-order valence-corrected chi connectivity index (χ3v) is 1.93. The van der Waals surface area contributed by atoms with Gasteiger partial charge in [-0.15, -0.1) is 0 Å². The van der Waals surface area contributed by atoms with Crippen LogP contribution in [0.25, 0.3) is 0 Å². The zero-order valence-electron chi connectivity index (χ0n) is 7.84. The molecule has 0 aliphatic carbocycles. The van der Waals surface area contributed by atoms with Gasteiger partial charge in [-0.1, -0.05) is 17.7 Å². The molecule has 0 atom stereocenters. The van der Waals surface area contributed by atoms with Crippen molar-refractivity contribution in [2.75, 3.05) is 20.3 Å². The van der Waals surface area contributed by atoms with Gasteiger partial charge in [-0.25, -0.2) is 0 Å². The Kier molecular flexibility index (Phi) is 4.06. The number of halogens is 1. The average Bonchev–Trinajstić information content (AvgIpc) is 2.11. The Balaban J connectivity index is 2.59. The van der Waals surface area contributed by atoms with E-state index in [2.05, 4.69) is 0 Å². The summed E-state index contributed by atoms with van der Waals surface area (Å²) in [6, 6.07) is 5.59. The highest BCUT2D eigenvalue weighted by Gasteiger charge is 1.99. The van der Waals surface area contributed by atoms with Gasteiger partial charge in [0.25, 0.3) is 0 Å². The molecule has 0 N–H and O–H groups in total. The number of aryl methyl sites for hydroxylation is 1. The fourth-order valence-electron chi connectivity index (χ4n) is 0.964. The number of hydrogen-bond donors (Lipinski definition) is 0. The second-order valence-corrected chi connectivity index (χ2v) is 3.19. The van der Waals surface area contributed by atoms with Crippen LogP contribution in [0.5, 0.6) is 5.75 Å². The topological polar surface area (TPSA) is 18.5 Å². The highest BCUT2D eigenvalue weighted by Crippen LogP contribution is 2.22. The van der Waals surface area contributed by atoms with Gasteiger partial charge in [0.2, 0.25) is 0 Å². The molecule has 1 aromatic carbocycles. The van der Waals surface area contributed by atoms with Crippen LogP contribution in [0.4, 0.5) is 0 Å². The third kappa shape index (κ3) is 3.25. The van der Waals surface area contributed by atoms with Crippen molar-refractivity contribution < 1.29 is 9.47 Å². The van der Waals surface area contributed by atoms with Crippen LogP contribution in [0.15, 0.2) is 18.2 Å². The monoisotopic (exact) mass is 200 g/mol. The normalized spacial score (nSPS) is 10.1. The van der Waals surface area contributed by atoms with Gasteiger partial charge < -0.3 is 9.47 Å². The molecule has 1 aromatic rings. The molecule has 0 aliphatic rings. The second kappa shape index (κ2) is 5.10. The van der Waals surface area contributed by atoms with Gasteiger partial charge in [-0.2, -0.15) is 0 Å². The Morgan fingerprint density at radius 2 is 2.08 bits per heavy atom. The van der Waals surface area contributed by atoms with Gasteiger partial charge >= 0.3 is 0 Å². The van der Waals surface area contributed by atoms with Gasteiger partial charge in [0.1, 0.15) is 12.4 Å². The smallest absolute Gasteiger partial charge is 0.123 e. The van der Waals surface area contributed by atoms with Crippen LogP contribution in [0.2, 0.25) is 5.02 Å². The van der Waals surface area contributed by atoms with E-state index in [9.17, 15) is 0 Å². The molecule has 0 heterocycles. The maximum Gasteiger partial charge on any atom is 0.123 e. The number of rotatable bonds is 4. The predicted molar refractivity (Wildman–Crippen MR) is 53.6 cm³/mol. The molecule has 72 valence electrons. The van der Waals surface area contributed by atoms with E-state index in [0.717, 1.165) is 11.3 Å². The lowest BCUT2D eigenvalue weighted by molar-refractivity contribution is 0.146. The fraction of sp³-hybridized carbons (Fsp3) is 0.400. The molecule has 2 nitrogen and oxygen atoms in total. The van der Waals surface area contributed by atoms with Crippen LogP contribution >= 0.6 is 11.6 Å². The van der Waals surface area contributed by atoms with Crippen molar-refractivity contribution in [3.05, 3.63) is 28.8 Å². The summed E-state index contributed by atoms with van der Waals surface area (Å²) in [5.74, 6) is 0.824. The molecular formula is C10H13ClO2. The summed E-state index contributed by atoms with van der Waals surface area (Å²) in [5, 5.41) is 0.693. The van der Waals surface area contributed by atoms with E-state index in [1.807, 2.05) is 25.1 Å².